The van der Waals surface area contributed by atoms with E-state index < -0.39 is 17.2 Å². The van der Waals surface area contributed by atoms with Crippen molar-refractivity contribution in [1.29, 1.82) is 0 Å². The van der Waals surface area contributed by atoms with Crippen molar-refractivity contribution in [3.63, 3.8) is 0 Å². The van der Waals surface area contributed by atoms with Gasteiger partial charge < -0.3 is 19.8 Å². The number of hydrogen-bond acceptors (Lipinski definition) is 6. The van der Waals surface area contributed by atoms with Crippen molar-refractivity contribution in [2.75, 3.05) is 12.4 Å². The van der Waals surface area contributed by atoms with Crippen LogP contribution < -0.4 is 26.6 Å². The van der Waals surface area contributed by atoms with Crippen LogP contribution in [0.4, 0.5) is 5.69 Å². The Bertz CT molecular complexity index is 1520. The van der Waals surface area contributed by atoms with Gasteiger partial charge in [-0.25, -0.2) is 4.79 Å². The number of para-hydroxylation sites is 1. The number of fused-ring (bicyclic) bond motifs is 1. The van der Waals surface area contributed by atoms with Gasteiger partial charge in [0.1, 0.15) is 18.1 Å². The monoisotopic (exact) mass is 510 g/mol. The van der Waals surface area contributed by atoms with E-state index in [-0.39, 0.29) is 37.3 Å². The van der Waals surface area contributed by atoms with E-state index in [0.29, 0.717) is 27.7 Å². The van der Waals surface area contributed by atoms with Gasteiger partial charge >= 0.3 is 5.69 Å². The highest BCUT2D eigenvalue weighted by Gasteiger charge is 2.16. The molecule has 10 nitrogen and oxygen atoms in total. The first-order valence-corrected chi connectivity index (χ1v) is 11.4. The molecule has 4 rings (SSSR count). The van der Waals surface area contributed by atoms with Crippen molar-refractivity contribution in [2.45, 2.75) is 26.1 Å². The van der Waals surface area contributed by atoms with Gasteiger partial charge in [-0.3, -0.25) is 23.5 Å². The normalized spacial score (nSPS) is 10.8. The van der Waals surface area contributed by atoms with Gasteiger partial charge in [0.05, 0.1) is 35.8 Å². The Hall–Kier alpha value is -4.31. The Kier molecular flexibility index (Phi) is 7.55. The summed E-state index contributed by atoms with van der Waals surface area (Å²) in [7, 11) is 1.48. The number of aromatic nitrogens is 2. The molecule has 0 radical (unpaired) electrons. The molecule has 4 aromatic rings. The van der Waals surface area contributed by atoms with E-state index in [2.05, 4.69) is 10.6 Å². The van der Waals surface area contributed by atoms with Crippen molar-refractivity contribution in [3.8, 4) is 5.75 Å². The van der Waals surface area contributed by atoms with Crippen LogP contribution in [-0.2, 0) is 29.2 Å². The van der Waals surface area contributed by atoms with Crippen LogP contribution in [-0.4, -0.2) is 28.1 Å². The summed E-state index contributed by atoms with van der Waals surface area (Å²) in [5.41, 5.74) is -0.493. The predicted octanol–water partition coefficient (Wildman–Crippen LogP) is 2.76. The second kappa shape index (κ2) is 11.0. The highest BCUT2D eigenvalue weighted by molar-refractivity contribution is 6.32. The van der Waals surface area contributed by atoms with Crippen LogP contribution in [0.5, 0.6) is 5.75 Å². The first-order valence-electron chi connectivity index (χ1n) is 11.0. The average Bonchev–Trinajstić information content (AvgIpc) is 3.39. The summed E-state index contributed by atoms with van der Waals surface area (Å²) in [5, 5.41) is 5.94. The maximum Gasteiger partial charge on any atom is 0.331 e. The molecule has 2 aromatic carbocycles. The van der Waals surface area contributed by atoms with Crippen molar-refractivity contribution in [3.05, 3.63) is 92.5 Å². The molecule has 11 heteroatoms. The lowest BCUT2D eigenvalue weighted by molar-refractivity contribution is -0.121. The highest BCUT2D eigenvalue weighted by Crippen LogP contribution is 2.27. The Morgan fingerprint density at radius 1 is 1.03 bits per heavy atom. The molecular weight excluding hydrogens is 488 g/mol. The molecule has 36 heavy (non-hydrogen) atoms. The van der Waals surface area contributed by atoms with E-state index in [1.54, 1.807) is 48.5 Å². The summed E-state index contributed by atoms with van der Waals surface area (Å²) in [6, 6.07) is 14.7. The molecular formula is C25H23ClN4O6. The summed E-state index contributed by atoms with van der Waals surface area (Å²) in [6.45, 7) is -0.311. The third-order valence-corrected chi connectivity index (χ3v) is 5.77. The quantitative estimate of drug-likeness (QED) is 0.357. The third kappa shape index (κ3) is 5.49. The molecule has 0 atom stereocenters. The SMILES string of the molecule is COc1ccc(NC(=O)Cn2c(=O)n(CCC(=O)NCc3ccco3)c(=O)c3ccccc32)cc1Cl. The smallest absolute Gasteiger partial charge is 0.331 e. The summed E-state index contributed by atoms with van der Waals surface area (Å²) in [4.78, 5) is 51.3. The van der Waals surface area contributed by atoms with Crippen LogP contribution in [0.2, 0.25) is 5.02 Å². The molecule has 0 spiro atoms. The minimum Gasteiger partial charge on any atom is -0.495 e. The molecule has 0 unspecified atom stereocenters. The zero-order valence-electron chi connectivity index (χ0n) is 19.3. The number of halogens is 1. The van der Waals surface area contributed by atoms with Gasteiger partial charge in [-0.15, -0.1) is 0 Å². The van der Waals surface area contributed by atoms with Gasteiger partial charge in [0.25, 0.3) is 5.56 Å². The fourth-order valence-corrected chi connectivity index (χ4v) is 3.97. The minimum absolute atomic E-state index is 0.106. The predicted molar refractivity (Wildman–Crippen MR) is 134 cm³/mol. The lowest BCUT2D eigenvalue weighted by Gasteiger charge is -2.14. The Balaban J connectivity index is 1.55. The van der Waals surface area contributed by atoms with E-state index in [1.165, 1.54) is 24.0 Å². The number of nitrogens with one attached hydrogen (secondary N) is 2. The summed E-state index contributed by atoms with van der Waals surface area (Å²) in [6.07, 6.45) is 1.39. The average molecular weight is 511 g/mol. The number of carbonyl (C=O) groups is 2. The zero-order valence-corrected chi connectivity index (χ0v) is 20.1. The van der Waals surface area contributed by atoms with Crippen LogP contribution in [0.3, 0.4) is 0 Å². The molecule has 2 aromatic heterocycles. The topological polar surface area (TPSA) is 125 Å². The molecule has 0 aliphatic rings. The first kappa shape index (κ1) is 24.8. The number of ether oxygens (including phenoxy) is 1. The van der Waals surface area contributed by atoms with E-state index >= 15 is 0 Å². The number of benzene rings is 2. The van der Waals surface area contributed by atoms with Gasteiger partial charge in [-0.05, 0) is 42.5 Å². The van der Waals surface area contributed by atoms with Crippen molar-refractivity contribution >= 4 is 40.0 Å². The lowest BCUT2D eigenvalue weighted by atomic mass is 10.2. The minimum atomic E-state index is -0.694. The Morgan fingerprint density at radius 2 is 1.83 bits per heavy atom. The molecule has 0 bridgehead atoms. The number of furan rings is 1. The molecule has 0 fully saturated rings. The Labute approximate surface area is 210 Å². The van der Waals surface area contributed by atoms with E-state index in [0.717, 1.165) is 4.57 Å². The van der Waals surface area contributed by atoms with Gasteiger partial charge in [0.15, 0.2) is 0 Å². The molecule has 186 valence electrons. The number of anilines is 1. The standard InChI is InChI=1S/C25H23ClN4O6/c1-35-21-9-8-16(13-19(21)26)28-23(32)15-30-20-7-3-2-6-18(20)24(33)29(25(30)34)11-10-22(31)27-14-17-5-4-12-36-17/h2-9,12-13H,10-11,14-15H2,1H3,(H,27,31)(H,28,32). The van der Waals surface area contributed by atoms with Crippen LogP contribution >= 0.6 is 11.6 Å². The van der Waals surface area contributed by atoms with Crippen molar-refractivity contribution in [2.24, 2.45) is 0 Å². The van der Waals surface area contributed by atoms with Crippen molar-refractivity contribution in [1.82, 2.24) is 14.5 Å². The summed E-state index contributed by atoms with van der Waals surface area (Å²) in [5.74, 6) is 0.186. The van der Waals surface area contributed by atoms with Crippen LogP contribution in [0.25, 0.3) is 10.9 Å². The zero-order chi connectivity index (χ0) is 25.7. The van der Waals surface area contributed by atoms with Gasteiger partial charge in [-0.1, -0.05) is 23.7 Å². The molecule has 2 N–H and O–H groups in total. The second-order valence-electron chi connectivity index (χ2n) is 7.85. The first-order chi connectivity index (χ1) is 17.4. The second-order valence-corrected chi connectivity index (χ2v) is 8.25. The molecule has 0 aliphatic heterocycles. The number of hydrogen-bond donors (Lipinski definition) is 2. The molecule has 2 heterocycles. The largest absolute Gasteiger partial charge is 0.495 e. The third-order valence-electron chi connectivity index (χ3n) is 5.47. The number of carbonyl (C=O) groups excluding carboxylic acids is 2. The fourth-order valence-electron chi connectivity index (χ4n) is 3.71. The Morgan fingerprint density at radius 3 is 2.56 bits per heavy atom. The summed E-state index contributed by atoms with van der Waals surface area (Å²) < 4.78 is 12.4. The van der Waals surface area contributed by atoms with E-state index in [9.17, 15) is 19.2 Å². The lowest BCUT2D eigenvalue weighted by Crippen LogP contribution is -2.42. The molecule has 2 amide bonds. The maximum atomic E-state index is 13.2. The number of amides is 2. The van der Waals surface area contributed by atoms with E-state index in [4.69, 9.17) is 20.8 Å². The van der Waals surface area contributed by atoms with Crippen LogP contribution in [0.15, 0.2) is 74.9 Å². The highest BCUT2D eigenvalue weighted by atomic mass is 35.5. The number of nitrogens with zero attached hydrogens (tertiary/aromatic N) is 2. The van der Waals surface area contributed by atoms with Gasteiger partial charge in [-0.2, -0.15) is 0 Å². The molecule has 0 aliphatic carbocycles. The van der Waals surface area contributed by atoms with Gasteiger partial charge in [0, 0.05) is 18.7 Å². The number of rotatable bonds is 9. The molecule has 0 saturated heterocycles. The fraction of sp³-hybridized carbons (Fsp3) is 0.200. The summed E-state index contributed by atoms with van der Waals surface area (Å²) >= 11 is 6.12. The van der Waals surface area contributed by atoms with Crippen molar-refractivity contribution < 1.29 is 18.7 Å². The van der Waals surface area contributed by atoms with Crippen LogP contribution in [0, 0.1) is 0 Å². The maximum absolute atomic E-state index is 13.2. The number of methoxy groups -OCH3 is 1. The van der Waals surface area contributed by atoms with E-state index in [1.807, 2.05) is 0 Å². The molecule has 0 saturated carbocycles. The van der Waals surface area contributed by atoms with Gasteiger partial charge in [0.2, 0.25) is 11.8 Å². The van der Waals surface area contributed by atoms with Crippen LogP contribution in [0.1, 0.15) is 12.2 Å².